The van der Waals surface area contributed by atoms with Crippen molar-refractivity contribution < 1.29 is 9.84 Å². The lowest BCUT2D eigenvalue weighted by atomic mass is 9.94. The molecule has 108 valence electrons. The van der Waals surface area contributed by atoms with Crippen molar-refractivity contribution >= 4 is 0 Å². The number of nitrogens with zero attached hydrogens (tertiary/aromatic N) is 1. The highest BCUT2D eigenvalue weighted by Gasteiger charge is 2.32. The normalized spacial score (nSPS) is 15.4. The van der Waals surface area contributed by atoms with Crippen LogP contribution >= 0.6 is 0 Å². The van der Waals surface area contributed by atoms with Crippen LogP contribution in [0.15, 0.2) is 24.3 Å². The standard InChI is InChI=1S/C15H26N2O2/c1-11(16)14(17(4)15(2,3)10-18)12-7-6-8-13(9-12)19-5/h6-9,11,14,18H,10,16H2,1-5H3. The van der Waals surface area contributed by atoms with Gasteiger partial charge in [0.05, 0.1) is 19.8 Å². The molecule has 2 atom stereocenters. The number of ether oxygens (including phenoxy) is 1. The van der Waals surface area contributed by atoms with E-state index in [0.29, 0.717) is 0 Å². The second-order valence-electron chi connectivity index (χ2n) is 5.66. The summed E-state index contributed by atoms with van der Waals surface area (Å²) in [6, 6.07) is 7.89. The molecule has 4 nitrogen and oxygen atoms in total. The molecule has 3 N–H and O–H groups in total. The zero-order valence-electron chi connectivity index (χ0n) is 12.6. The molecule has 0 bridgehead atoms. The van der Waals surface area contributed by atoms with E-state index in [0.717, 1.165) is 11.3 Å². The monoisotopic (exact) mass is 266 g/mol. The van der Waals surface area contributed by atoms with E-state index in [2.05, 4.69) is 4.90 Å². The number of likely N-dealkylation sites (N-methyl/N-ethyl adjacent to an activating group) is 1. The Morgan fingerprint density at radius 1 is 1.42 bits per heavy atom. The van der Waals surface area contributed by atoms with E-state index in [1.807, 2.05) is 52.1 Å². The molecule has 0 spiro atoms. The summed E-state index contributed by atoms with van der Waals surface area (Å²) in [5.74, 6) is 0.818. The van der Waals surface area contributed by atoms with Gasteiger partial charge in [-0.25, -0.2) is 0 Å². The molecule has 19 heavy (non-hydrogen) atoms. The molecule has 2 unspecified atom stereocenters. The minimum Gasteiger partial charge on any atom is -0.497 e. The molecular formula is C15H26N2O2. The zero-order valence-corrected chi connectivity index (χ0v) is 12.6. The Morgan fingerprint density at radius 2 is 2.05 bits per heavy atom. The molecule has 0 fully saturated rings. The number of methoxy groups -OCH3 is 1. The van der Waals surface area contributed by atoms with Crippen LogP contribution in [0.5, 0.6) is 5.75 Å². The molecule has 0 heterocycles. The first-order chi connectivity index (χ1) is 8.83. The van der Waals surface area contributed by atoms with Gasteiger partial charge in [-0.2, -0.15) is 0 Å². The molecular weight excluding hydrogens is 240 g/mol. The van der Waals surface area contributed by atoms with E-state index < -0.39 is 0 Å². The van der Waals surface area contributed by atoms with Crippen molar-refractivity contribution in [2.45, 2.75) is 38.4 Å². The van der Waals surface area contributed by atoms with Crippen LogP contribution in [0.3, 0.4) is 0 Å². The lowest BCUT2D eigenvalue weighted by molar-refractivity contribution is 0.0370. The maximum atomic E-state index is 9.54. The van der Waals surface area contributed by atoms with E-state index in [1.165, 1.54) is 0 Å². The van der Waals surface area contributed by atoms with Gasteiger partial charge in [-0.3, -0.25) is 4.90 Å². The van der Waals surface area contributed by atoms with Crippen LogP contribution in [0.4, 0.5) is 0 Å². The Labute approximate surface area is 116 Å². The number of aliphatic hydroxyl groups is 1. The van der Waals surface area contributed by atoms with Crippen molar-refractivity contribution in [3.8, 4) is 5.75 Å². The molecule has 0 aliphatic heterocycles. The maximum Gasteiger partial charge on any atom is 0.119 e. The van der Waals surface area contributed by atoms with E-state index in [1.54, 1.807) is 7.11 Å². The van der Waals surface area contributed by atoms with Crippen molar-refractivity contribution in [1.29, 1.82) is 0 Å². The first-order valence-corrected chi connectivity index (χ1v) is 6.57. The zero-order chi connectivity index (χ0) is 14.6. The number of benzene rings is 1. The number of hydrogen-bond donors (Lipinski definition) is 2. The van der Waals surface area contributed by atoms with E-state index in [4.69, 9.17) is 10.5 Å². The third-order valence-corrected chi connectivity index (χ3v) is 3.69. The van der Waals surface area contributed by atoms with E-state index in [-0.39, 0.29) is 24.2 Å². The first-order valence-electron chi connectivity index (χ1n) is 6.57. The molecule has 0 saturated heterocycles. The second-order valence-corrected chi connectivity index (χ2v) is 5.66. The summed E-state index contributed by atoms with van der Waals surface area (Å²) in [7, 11) is 3.64. The molecule has 0 aliphatic carbocycles. The number of hydrogen-bond acceptors (Lipinski definition) is 4. The fourth-order valence-corrected chi connectivity index (χ4v) is 2.19. The van der Waals surface area contributed by atoms with E-state index >= 15 is 0 Å². The smallest absolute Gasteiger partial charge is 0.119 e. The van der Waals surface area contributed by atoms with Crippen LogP contribution in [0.1, 0.15) is 32.4 Å². The van der Waals surface area contributed by atoms with Gasteiger partial charge in [0.1, 0.15) is 5.75 Å². The quantitative estimate of drug-likeness (QED) is 0.824. The maximum absolute atomic E-state index is 9.54. The number of rotatable bonds is 6. The van der Waals surface area contributed by atoms with Crippen molar-refractivity contribution in [2.24, 2.45) is 5.73 Å². The number of aliphatic hydroxyl groups excluding tert-OH is 1. The van der Waals surface area contributed by atoms with Crippen LogP contribution in [0, 0.1) is 0 Å². The summed E-state index contributed by atoms with van der Waals surface area (Å²) < 4.78 is 5.27. The molecule has 0 amide bonds. The Bertz CT molecular complexity index is 405. The highest BCUT2D eigenvalue weighted by molar-refractivity contribution is 5.31. The molecule has 1 aromatic rings. The summed E-state index contributed by atoms with van der Waals surface area (Å²) in [4.78, 5) is 2.12. The lowest BCUT2D eigenvalue weighted by Gasteiger charge is -2.42. The van der Waals surface area contributed by atoms with Gasteiger partial charge in [0, 0.05) is 11.6 Å². The molecule has 0 radical (unpaired) electrons. The molecule has 4 heteroatoms. The SMILES string of the molecule is COc1cccc(C(C(C)N)N(C)C(C)(C)CO)c1. The molecule has 1 aromatic carbocycles. The summed E-state index contributed by atoms with van der Waals surface area (Å²) in [5, 5.41) is 9.54. The van der Waals surface area contributed by atoms with Gasteiger partial charge in [-0.1, -0.05) is 12.1 Å². The van der Waals surface area contributed by atoms with Gasteiger partial charge >= 0.3 is 0 Å². The summed E-state index contributed by atoms with van der Waals surface area (Å²) in [6.07, 6.45) is 0. The van der Waals surface area contributed by atoms with Crippen molar-refractivity contribution in [1.82, 2.24) is 4.90 Å². The van der Waals surface area contributed by atoms with Crippen molar-refractivity contribution in [3.63, 3.8) is 0 Å². The lowest BCUT2D eigenvalue weighted by Crippen LogP contribution is -2.50. The Balaban J connectivity index is 3.13. The third-order valence-electron chi connectivity index (χ3n) is 3.69. The average molecular weight is 266 g/mol. The molecule has 1 rings (SSSR count). The van der Waals surface area contributed by atoms with Gasteiger partial charge < -0.3 is 15.6 Å². The van der Waals surface area contributed by atoms with Crippen LogP contribution in [-0.2, 0) is 0 Å². The largest absolute Gasteiger partial charge is 0.497 e. The Morgan fingerprint density at radius 3 is 2.53 bits per heavy atom. The van der Waals surface area contributed by atoms with Gasteiger partial charge in [0.25, 0.3) is 0 Å². The minimum absolute atomic E-state index is 0.0252. The number of nitrogens with two attached hydrogens (primary N) is 1. The fraction of sp³-hybridized carbons (Fsp3) is 0.600. The van der Waals surface area contributed by atoms with Crippen LogP contribution in [0.2, 0.25) is 0 Å². The molecule has 0 aromatic heterocycles. The van der Waals surface area contributed by atoms with Crippen molar-refractivity contribution in [2.75, 3.05) is 20.8 Å². The fourth-order valence-electron chi connectivity index (χ4n) is 2.19. The van der Waals surface area contributed by atoms with Gasteiger partial charge in [0.15, 0.2) is 0 Å². The van der Waals surface area contributed by atoms with Gasteiger partial charge in [-0.05, 0) is 45.5 Å². The predicted octanol–water partition coefficient (Wildman–Crippen LogP) is 1.79. The first kappa shape index (κ1) is 16.0. The Kier molecular flexibility index (Phi) is 5.35. The van der Waals surface area contributed by atoms with Crippen LogP contribution in [-0.4, -0.2) is 42.4 Å². The van der Waals surface area contributed by atoms with Crippen molar-refractivity contribution in [3.05, 3.63) is 29.8 Å². The topological polar surface area (TPSA) is 58.7 Å². The van der Waals surface area contributed by atoms with Gasteiger partial charge in [0.2, 0.25) is 0 Å². The highest BCUT2D eigenvalue weighted by atomic mass is 16.5. The molecule has 0 aliphatic rings. The predicted molar refractivity (Wildman–Crippen MR) is 78.3 cm³/mol. The molecule has 0 saturated carbocycles. The summed E-state index contributed by atoms with van der Waals surface area (Å²) >= 11 is 0. The van der Waals surface area contributed by atoms with E-state index in [9.17, 15) is 5.11 Å². The second kappa shape index (κ2) is 6.37. The minimum atomic E-state index is -0.332. The van der Waals surface area contributed by atoms with Crippen LogP contribution in [0.25, 0.3) is 0 Å². The van der Waals surface area contributed by atoms with Crippen LogP contribution < -0.4 is 10.5 Å². The average Bonchev–Trinajstić information content (AvgIpc) is 2.38. The summed E-state index contributed by atoms with van der Waals surface area (Å²) in [6.45, 7) is 6.07. The summed E-state index contributed by atoms with van der Waals surface area (Å²) in [5.41, 5.74) is 6.91. The highest BCUT2D eigenvalue weighted by Crippen LogP contribution is 2.30. The third kappa shape index (κ3) is 3.69. The van der Waals surface area contributed by atoms with Gasteiger partial charge in [-0.15, -0.1) is 0 Å². The Hall–Kier alpha value is -1.10.